The number of carbonyl (C=O) groups is 1. The monoisotopic (exact) mass is 328 g/mol. The van der Waals surface area contributed by atoms with E-state index in [1.165, 1.54) is 18.3 Å². The Morgan fingerprint density at radius 2 is 2.23 bits per heavy atom. The summed E-state index contributed by atoms with van der Waals surface area (Å²) >= 11 is -2.31. The minimum Gasteiger partial charge on any atom is -0.302 e. The van der Waals surface area contributed by atoms with Gasteiger partial charge >= 0.3 is 0 Å². The molecule has 0 aliphatic carbocycles. The molecule has 1 aliphatic rings. The molecule has 0 saturated heterocycles. The molecule has 118 valence electrons. The van der Waals surface area contributed by atoms with Crippen molar-refractivity contribution in [3.8, 4) is 0 Å². The van der Waals surface area contributed by atoms with Crippen LogP contribution in [0.25, 0.3) is 0 Å². The standard InChI is InChI=1S/C14H14F2N2O3S/c1-2-8-5-6-17-14(19)12(16)13(8)18-11-4-3-9(22(20)21)7-10(11)15/h3-4,6-8,12H,2,5H2,1H3,(H,20,21). The second kappa shape index (κ2) is 6.97. The molecule has 0 fully saturated rings. The molecule has 0 spiro atoms. The highest BCUT2D eigenvalue weighted by Gasteiger charge is 2.31. The lowest BCUT2D eigenvalue weighted by Crippen LogP contribution is -2.28. The van der Waals surface area contributed by atoms with E-state index in [0.29, 0.717) is 12.8 Å². The predicted molar refractivity (Wildman–Crippen MR) is 79.3 cm³/mol. The lowest BCUT2D eigenvalue weighted by atomic mass is 9.94. The van der Waals surface area contributed by atoms with E-state index in [-0.39, 0.29) is 22.2 Å². The molecule has 3 atom stereocenters. The number of amides is 1. The Morgan fingerprint density at radius 1 is 1.50 bits per heavy atom. The van der Waals surface area contributed by atoms with Gasteiger partial charge in [-0.05, 0) is 31.0 Å². The molecule has 0 bridgehead atoms. The average Bonchev–Trinajstić information content (AvgIpc) is 2.62. The Labute approximate surface area is 128 Å². The fourth-order valence-corrected chi connectivity index (χ4v) is 2.53. The molecule has 3 unspecified atom stereocenters. The molecular weight excluding hydrogens is 314 g/mol. The largest absolute Gasteiger partial charge is 0.302 e. The van der Waals surface area contributed by atoms with Gasteiger partial charge in [0.05, 0.1) is 16.3 Å². The lowest BCUT2D eigenvalue weighted by molar-refractivity contribution is -0.120. The van der Waals surface area contributed by atoms with Gasteiger partial charge in [-0.3, -0.25) is 9.79 Å². The molecule has 1 heterocycles. The Bertz CT molecular complexity index is 676. The number of rotatable bonds is 3. The fraction of sp³-hybridized carbons (Fsp3) is 0.357. The smallest absolute Gasteiger partial charge is 0.285 e. The highest BCUT2D eigenvalue weighted by atomic mass is 32.2. The summed E-state index contributed by atoms with van der Waals surface area (Å²) in [6.45, 7) is 1.81. The number of carbonyl (C=O) groups excluding carboxylic acids is 1. The highest BCUT2D eigenvalue weighted by molar-refractivity contribution is 7.79. The number of halogens is 2. The zero-order valence-electron chi connectivity index (χ0n) is 11.7. The highest BCUT2D eigenvalue weighted by Crippen LogP contribution is 2.25. The SMILES string of the molecule is CCC1CC=NC(=O)C(F)C1=Nc1ccc(S(=O)O)cc1F. The van der Waals surface area contributed by atoms with Crippen LogP contribution in [0.1, 0.15) is 19.8 Å². The zero-order valence-corrected chi connectivity index (χ0v) is 12.5. The maximum absolute atomic E-state index is 14.2. The summed E-state index contributed by atoms with van der Waals surface area (Å²) in [5.41, 5.74) is -0.248. The van der Waals surface area contributed by atoms with E-state index in [0.717, 1.165) is 6.07 Å². The van der Waals surface area contributed by atoms with Gasteiger partial charge in [-0.15, -0.1) is 0 Å². The summed E-state index contributed by atoms with van der Waals surface area (Å²) in [5.74, 6) is -2.16. The van der Waals surface area contributed by atoms with Crippen molar-refractivity contribution in [2.45, 2.75) is 30.8 Å². The Balaban J connectivity index is 2.44. The van der Waals surface area contributed by atoms with Crippen LogP contribution >= 0.6 is 0 Å². The normalized spacial score (nSPS) is 25.3. The predicted octanol–water partition coefficient (Wildman–Crippen LogP) is 2.84. The molecule has 22 heavy (non-hydrogen) atoms. The van der Waals surface area contributed by atoms with Crippen LogP contribution in [-0.4, -0.2) is 32.8 Å². The molecule has 1 amide bonds. The molecule has 1 aromatic carbocycles. The van der Waals surface area contributed by atoms with Gasteiger partial charge in [0.25, 0.3) is 5.91 Å². The first-order valence-electron chi connectivity index (χ1n) is 6.63. The van der Waals surface area contributed by atoms with Crippen LogP contribution in [0.2, 0.25) is 0 Å². The number of nitrogens with zero attached hydrogens (tertiary/aromatic N) is 2. The van der Waals surface area contributed by atoms with Crippen molar-refractivity contribution in [2.75, 3.05) is 0 Å². The molecule has 5 nitrogen and oxygen atoms in total. The molecule has 2 rings (SSSR count). The van der Waals surface area contributed by atoms with Gasteiger partial charge < -0.3 is 4.55 Å². The molecule has 8 heteroatoms. The molecule has 1 N–H and O–H groups in total. The van der Waals surface area contributed by atoms with Gasteiger partial charge in [0, 0.05) is 12.1 Å². The quantitative estimate of drug-likeness (QED) is 0.867. The first-order valence-corrected chi connectivity index (χ1v) is 7.74. The summed E-state index contributed by atoms with van der Waals surface area (Å²) in [6.07, 6.45) is 0.218. The van der Waals surface area contributed by atoms with Crippen LogP contribution in [-0.2, 0) is 15.9 Å². The minimum atomic E-state index is -2.31. The number of benzene rings is 1. The van der Waals surface area contributed by atoms with E-state index in [9.17, 15) is 17.8 Å². The molecule has 0 aromatic heterocycles. The molecule has 0 radical (unpaired) electrons. The summed E-state index contributed by atoms with van der Waals surface area (Å²) in [6, 6.07) is 3.27. The van der Waals surface area contributed by atoms with Gasteiger partial charge in [-0.2, -0.15) is 0 Å². The second-order valence-corrected chi connectivity index (χ2v) is 5.72. The molecular formula is C14H14F2N2O3S. The molecule has 0 saturated carbocycles. The topological polar surface area (TPSA) is 79.1 Å². The van der Waals surface area contributed by atoms with Crippen molar-refractivity contribution in [2.24, 2.45) is 15.9 Å². The van der Waals surface area contributed by atoms with Gasteiger partial charge in [0.15, 0.2) is 11.1 Å². The van der Waals surface area contributed by atoms with Gasteiger partial charge in [-0.25, -0.2) is 18.0 Å². The van der Waals surface area contributed by atoms with E-state index in [2.05, 4.69) is 9.98 Å². The van der Waals surface area contributed by atoms with Crippen LogP contribution in [0.4, 0.5) is 14.5 Å². The van der Waals surface area contributed by atoms with Gasteiger partial charge in [-0.1, -0.05) is 6.92 Å². The van der Waals surface area contributed by atoms with Crippen LogP contribution in [0, 0.1) is 11.7 Å². The lowest BCUT2D eigenvalue weighted by Gasteiger charge is -2.15. The third-order valence-corrected chi connectivity index (χ3v) is 4.02. The summed E-state index contributed by atoms with van der Waals surface area (Å²) in [7, 11) is 0. The minimum absolute atomic E-state index is 0.0678. The summed E-state index contributed by atoms with van der Waals surface area (Å²) in [4.78, 5) is 18.8. The second-order valence-electron chi connectivity index (χ2n) is 4.75. The Kier molecular flexibility index (Phi) is 5.25. The number of aliphatic imine (C=N–C) groups is 2. The molecule has 1 aromatic rings. The van der Waals surface area contributed by atoms with Crippen LogP contribution in [0.15, 0.2) is 33.1 Å². The van der Waals surface area contributed by atoms with E-state index in [4.69, 9.17) is 4.55 Å². The number of hydrogen-bond donors (Lipinski definition) is 1. The van der Waals surface area contributed by atoms with Gasteiger partial charge in [0.1, 0.15) is 5.82 Å². The van der Waals surface area contributed by atoms with Crippen molar-refractivity contribution < 1.29 is 22.3 Å². The third kappa shape index (κ3) is 3.50. The van der Waals surface area contributed by atoms with E-state index in [1.54, 1.807) is 0 Å². The van der Waals surface area contributed by atoms with Crippen LogP contribution in [0.5, 0.6) is 0 Å². The first-order chi connectivity index (χ1) is 10.4. The van der Waals surface area contributed by atoms with Crippen molar-refractivity contribution in [1.29, 1.82) is 0 Å². The van der Waals surface area contributed by atoms with Crippen LogP contribution in [0.3, 0.4) is 0 Å². The zero-order chi connectivity index (χ0) is 16.3. The summed E-state index contributed by atoms with van der Waals surface area (Å²) in [5, 5.41) is 0. The third-order valence-electron chi connectivity index (χ3n) is 3.37. The number of hydrogen-bond acceptors (Lipinski definition) is 3. The maximum Gasteiger partial charge on any atom is 0.285 e. The summed E-state index contributed by atoms with van der Waals surface area (Å²) < 4.78 is 47.9. The average molecular weight is 328 g/mol. The van der Waals surface area contributed by atoms with E-state index in [1.807, 2.05) is 6.92 Å². The Hall–Kier alpha value is -1.80. The van der Waals surface area contributed by atoms with Crippen molar-refractivity contribution in [3.63, 3.8) is 0 Å². The van der Waals surface area contributed by atoms with Crippen molar-refractivity contribution in [1.82, 2.24) is 0 Å². The van der Waals surface area contributed by atoms with Crippen molar-refractivity contribution >= 4 is 34.6 Å². The Morgan fingerprint density at radius 3 is 2.82 bits per heavy atom. The van der Waals surface area contributed by atoms with E-state index >= 15 is 0 Å². The number of alkyl halides is 1. The van der Waals surface area contributed by atoms with Gasteiger partial charge in [0.2, 0.25) is 6.17 Å². The van der Waals surface area contributed by atoms with Crippen LogP contribution < -0.4 is 0 Å². The molecule has 1 aliphatic heterocycles. The first kappa shape index (κ1) is 16.6. The van der Waals surface area contributed by atoms with Crippen molar-refractivity contribution in [3.05, 3.63) is 24.0 Å². The maximum atomic E-state index is 14.2. The fourth-order valence-electron chi connectivity index (χ4n) is 2.14. The van der Waals surface area contributed by atoms with E-state index < -0.39 is 29.0 Å².